The van der Waals surface area contributed by atoms with Crippen molar-refractivity contribution in [2.24, 2.45) is 0 Å². The van der Waals surface area contributed by atoms with Crippen LogP contribution in [0.25, 0.3) is 0 Å². The minimum absolute atomic E-state index is 0.0230. The molecule has 1 N–H and O–H groups in total. The molecular weight excluding hydrogens is 459 g/mol. The second-order valence-corrected chi connectivity index (χ2v) is 8.74. The van der Waals surface area contributed by atoms with Gasteiger partial charge in [0.15, 0.2) is 0 Å². The number of ether oxygens (including phenoxy) is 1. The first-order valence-electron chi connectivity index (χ1n) is 10.5. The topological polar surface area (TPSA) is 96.8 Å². The van der Waals surface area contributed by atoms with Crippen LogP contribution >= 0.6 is 11.8 Å². The molecule has 3 aromatic rings. The summed E-state index contributed by atoms with van der Waals surface area (Å²) in [6, 6.07) is 14.0. The third kappa shape index (κ3) is 4.94. The van der Waals surface area contributed by atoms with Gasteiger partial charge in [-0.2, -0.15) is 0 Å². The zero-order valence-corrected chi connectivity index (χ0v) is 19.0. The lowest BCUT2D eigenvalue weighted by atomic mass is 10.1. The van der Waals surface area contributed by atoms with Crippen molar-refractivity contribution in [3.63, 3.8) is 0 Å². The number of aryl methyl sites for hydroxylation is 1. The molecule has 1 amide bonds. The van der Waals surface area contributed by atoms with Crippen molar-refractivity contribution in [3.05, 3.63) is 94.6 Å². The summed E-state index contributed by atoms with van der Waals surface area (Å²) < 4.78 is 18.7. The Kier molecular flexibility index (Phi) is 6.93. The Morgan fingerprint density at radius 1 is 1.21 bits per heavy atom. The lowest BCUT2D eigenvalue weighted by Gasteiger charge is -2.26. The van der Waals surface area contributed by atoms with Crippen molar-refractivity contribution < 1.29 is 28.6 Å². The molecule has 0 spiro atoms. The third-order valence-corrected chi connectivity index (χ3v) is 6.62. The fourth-order valence-corrected chi connectivity index (χ4v) is 4.94. The van der Waals surface area contributed by atoms with E-state index in [1.165, 1.54) is 42.2 Å². The summed E-state index contributed by atoms with van der Waals surface area (Å²) in [7, 11) is 0. The number of carbonyl (C=O) groups is 3. The first-order valence-corrected chi connectivity index (χ1v) is 11.5. The van der Waals surface area contributed by atoms with Gasteiger partial charge in [0.2, 0.25) is 5.91 Å². The van der Waals surface area contributed by atoms with Gasteiger partial charge in [0, 0.05) is 18.3 Å². The number of carboxylic acid groups (broad SMARTS) is 1. The fourth-order valence-electron chi connectivity index (χ4n) is 3.77. The number of hydrogen-bond donors (Lipinski definition) is 1. The van der Waals surface area contributed by atoms with E-state index in [4.69, 9.17) is 4.74 Å². The maximum atomic E-state index is 13.3. The molecule has 0 saturated carbocycles. The van der Waals surface area contributed by atoms with E-state index < -0.39 is 11.9 Å². The summed E-state index contributed by atoms with van der Waals surface area (Å²) in [4.78, 5) is 42.2. The van der Waals surface area contributed by atoms with E-state index >= 15 is 0 Å². The Hall–Kier alpha value is -3.72. The van der Waals surface area contributed by atoms with E-state index in [0.29, 0.717) is 22.7 Å². The van der Waals surface area contributed by atoms with Gasteiger partial charge < -0.3 is 9.84 Å². The Morgan fingerprint density at radius 3 is 2.68 bits per heavy atom. The number of anilines is 1. The second-order valence-electron chi connectivity index (χ2n) is 7.67. The third-order valence-electron chi connectivity index (χ3n) is 5.41. The number of halogens is 1. The molecule has 1 saturated heterocycles. The van der Waals surface area contributed by atoms with Gasteiger partial charge >= 0.3 is 11.9 Å². The first-order chi connectivity index (χ1) is 16.3. The van der Waals surface area contributed by atoms with Crippen molar-refractivity contribution in [2.45, 2.75) is 18.7 Å². The first kappa shape index (κ1) is 23.4. The summed E-state index contributed by atoms with van der Waals surface area (Å²) in [6.07, 6.45) is 1.66. The zero-order valence-electron chi connectivity index (χ0n) is 18.2. The number of carboxylic acids is 1. The van der Waals surface area contributed by atoms with Gasteiger partial charge in [0.25, 0.3) is 0 Å². The number of hydrogen-bond acceptors (Lipinski definition) is 6. The van der Waals surface area contributed by atoms with Gasteiger partial charge in [-0.1, -0.05) is 12.1 Å². The summed E-state index contributed by atoms with van der Waals surface area (Å²) in [5.74, 6) is -1.75. The highest BCUT2D eigenvalue weighted by atomic mass is 32.2. The fraction of sp³-hybridized carbons (Fsp3) is 0.200. The molecule has 2 heterocycles. The van der Waals surface area contributed by atoms with Crippen LogP contribution in [0.15, 0.2) is 60.8 Å². The average molecular weight is 481 g/mol. The molecule has 1 aliphatic rings. The second kappa shape index (κ2) is 10.0. The molecule has 1 aliphatic heterocycles. The Labute approximate surface area is 199 Å². The van der Waals surface area contributed by atoms with Crippen molar-refractivity contribution in [1.82, 2.24) is 4.98 Å². The van der Waals surface area contributed by atoms with Crippen LogP contribution in [-0.2, 0) is 16.0 Å². The predicted octanol–water partition coefficient (Wildman–Crippen LogP) is 4.41. The molecule has 1 fully saturated rings. The summed E-state index contributed by atoms with van der Waals surface area (Å²) in [5.41, 5.74) is 2.93. The van der Waals surface area contributed by atoms with Crippen LogP contribution in [0.4, 0.5) is 10.1 Å². The van der Waals surface area contributed by atoms with Gasteiger partial charge in [-0.15, -0.1) is 11.8 Å². The molecule has 0 aliphatic carbocycles. The smallest absolute Gasteiger partial charge is 0.338 e. The van der Waals surface area contributed by atoms with Crippen molar-refractivity contribution in [1.29, 1.82) is 0 Å². The van der Waals surface area contributed by atoms with Crippen molar-refractivity contribution in [3.8, 4) is 0 Å². The molecule has 4 rings (SSSR count). The van der Waals surface area contributed by atoms with E-state index in [1.54, 1.807) is 42.2 Å². The number of amides is 1. The quantitative estimate of drug-likeness (QED) is 0.501. The number of thioether (sulfide) groups is 1. The molecule has 2 aromatic carbocycles. The van der Waals surface area contributed by atoms with E-state index in [2.05, 4.69) is 4.98 Å². The number of benzene rings is 2. The SMILES string of the molecule is Cc1cc(C(=O)OCCc2ncccc2C(=O)O)ccc1N1C(=O)CSC1c1ccc(F)cc1. The predicted molar refractivity (Wildman–Crippen MR) is 125 cm³/mol. The number of nitrogens with zero attached hydrogens (tertiary/aromatic N) is 2. The molecule has 1 aromatic heterocycles. The largest absolute Gasteiger partial charge is 0.478 e. The monoisotopic (exact) mass is 480 g/mol. The van der Waals surface area contributed by atoms with E-state index in [0.717, 1.165) is 11.1 Å². The Morgan fingerprint density at radius 2 is 1.97 bits per heavy atom. The molecular formula is C25H21FN2O5S. The minimum Gasteiger partial charge on any atom is -0.478 e. The average Bonchev–Trinajstić information content (AvgIpc) is 3.20. The Balaban J connectivity index is 1.46. The summed E-state index contributed by atoms with van der Waals surface area (Å²) in [5, 5.41) is 8.94. The maximum absolute atomic E-state index is 13.3. The van der Waals surface area contributed by atoms with Crippen LogP contribution in [-0.4, -0.2) is 40.3 Å². The van der Waals surface area contributed by atoms with Gasteiger partial charge in [-0.3, -0.25) is 14.7 Å². The van der Waals surface area contributed by atoms with Gasteiger partial charge in [0.05, 0.1) is 29.2 Å². The molecule has 1 unspecified atom stereocenters. The zero-order chi connectivity index (χ0) is 24.2. The molecule has 1 atom stereocenters. The molecule has 7 nitrogen and oxygen atoms in total. The van der Waals surface area contributed by atoms with E-state index in [1.807, 2.05) is 0 Å². The van der Waals surface area contributed by atoms with Crippen molar-refractivity contribution in [2.75, 3.05) is 17.3 Å². The maximum Gasteiger partial charge on any atom is 0.338 e. The summed E-state index contributed by atoms with van der Waals surface area (Å²) in [6.45, 7) is 1.78. The number of aromatic carboxylic acids is 1. The lowest BCUT2D eigenvalue weighted by molar-refractivity contribution is -0.115. The number of aromatic nitrogens is 1. The van der Waals surface area contributed by atoms with Crippen LogP contribution in [0.3, 0.4) is 0 Å². The van der Waals surface area contributed by atoms with Crippen LogP contribution in [0, 0.1) is 12.7 Å². The van der Waals surface area contributed by atoms with Crippen LogP contribution < -0.4 is 4.90 Å². The van der Waals surface area contributed by atoms with E-state index in [-0.39, 0.29) is 35.7 Å². The molecule has 0 bridgehead atoms. The summed E-state index contributed by atoms with van der Waals surface area (Å²) >= 11 is 1.46. The molecule has 34 heavy (non-hydrogen) atoms. The molecule has 9 heteroatoms. The van der Waals surface area contributed by atoms with Gasteiger partial charge in [-0.05, 0) is 60.5 Å². The van der Waals surface area contributed by atoms with Gasteiger partial charge in [-0.25, -0.2) is 14.0 Å². The lowest BCUT2D eigenvalue weighted by Crippen LogP contribution is -2.28. The highest BCUT2D eigenvalue weighted by molar-refractivity contribution is 8.00. The van der Waals surface area contributed by atoms with Crippen LogP contribution in [0.2, 0.25) is 0 Å². The van der Waals surface area contributed by atoms with Gasteiger partial charge in [0.1, 0.15) is 11.2 Å². The standard InChI is InChI=1S/C25H21FN2O5S/c1-15-13-17(25(32)33-12-10-20-19(24(30)31)3-2-11-27-20)6-9-21(15)28-22(29)14-34-23(28)16-4-7-18(26)8-5-16/h2-9,11,13,23H,10,12,14H2,1H3,(H,30,31). The number of rotatable bonds is 7. The minimum atomic E-state index is -1.09. The number of carbonyl (C=O) groups excluding carboxylic acids is 2. The number of esters is 1. The normalized spacial score (nSPS) is 15.4. The number of pyridine rings is 1. The molecule has 0 radical (unpaired) electrons. The highest BCUT2D eigenvalue weighted by Gasteiger charge is 2.35. The van der Waals surface area contributed by atoms with Crippen molar-refractivity contribution >= 4 is 35.3 Å². The molecule has 174 valence electrons. The highest BCUT2D eigenvalue weighted by Crippen LogP contribution is 2.42. The Bertz CT molecular complexity index is 1250. The van der Waals surface area contributed by atoms with Crippen LogP contribution in [0.5, 0.6) is 0 Å². The van der Waals surface area contributed by atoms with E-state index in [9.17, 15) is 23.9 Å². The van der Waals surface area contributed by atoms with Crippen LogP contribution in [0.1, 0.15) is 42.9 Å².